The van der Waals surface area contributed by atoms with Crippen molar-refractivity contribution >= 4 is 34.2 Å². The van der Waals surface area contributed by atoms with E-state index < -0.39 is 5.97 Å². The van der Waals surface area contributed by atoms with Crippen molar-refractivity contribution in [1.82, 2.24) is 15.2 Å². The predicted octanol–water partition coefficient (Wildman–Crippen LogP) is 4.40. The standard InChI is InChI=1S/C28H23N5O4/c34-25-12-9-18-6-5-17(14-24(18)32-25)13-20-3-1-2-4-23(20)29-15-21-16-30-33-26(21)27(35)31-22-10-7-19(8-11-22)28(36)37/h1-12,14,16,29H,13,15H2,(H,30,33)(H,31,35)(H,32,34)(H,36,37). The molecule has 0 aliphatic rings. The fraction of sp³-hybridized carbons (Fsp3) is 0.0714. The van der Waals surface area contributed by atoms with Crippen molar-refractivity contribution in [3.63, 3.8) is 0 Å². The SMILES string of the molecule is O=C(O)c1ccc(NC(=O)c2[nH]ncc2CNc2ccccc2Cc2ccc3ccc(=O)[nH]c3c2)cc1. The van der Waals surface area contributed by atoms with Gasteiger partial charge >= 0.3 is 5.97 Å². The number of hydrogen-bond donors (Lipinski definition) is 5. The molecule has 0 spiro atoms. The highest BCUT2D eigenvalue weighted by atomic mass is 16.4. The summed E-state index contributed by atoms with van der Waals surface area (Å²) >= 11 is 0. The zero-order valence-corrected chi connectivity index (χ0v) is 19.6. The van der Waals surface area contributed by atoms with Crippen molar-refractivity contribution in [2.24, 2.45) is 0 Å². The normalized spacial score (nSPS) is 10.8. The summed E-state index contributed by atoms with van der Waals surface area (Å²) in [6, 6.07) is 23.2. The van der Waals surface area contributed by atoms with Gasteiger partial charge in [0.25, 0.3) is 5.91 Å². The van der Waals surface area contributed by atoms with E-state index in [2.05, 4.69) is 25.8 Å². The molecular formula is C28H23N5O4. The zero-order chi connectivity index (χ0) is 25.8. The van der Waals surface area contributed by atoms with Crippen LogP contribution in [0.1, 0.15) is 37.5 Å². The number of carbonyl (C=O) groups excluding carboxylic acids is 1. The topological polar surface area (TPSA) is 140 Å². The van der Waals surface area contributed by atoms with E-state index in [0.717, 1.165) is 27.7 Å². The van der Waals surface area contributed by atoms with Crippen LogP contribution in [0.15, 0.2) is 89.9 Å². The maximum absolute atomic E-state index is 12.8. The molecule has 0 radical (unpaired) electrons. The predicted molar refractivity (Wildman–Crippen MR) is 141 cm³/mol. The van der Waals surface area contributed by atoms with E-state index in [-0.39, 0.29) is 17.0 Å². The number of aromatic amines is 2. The maximum atomic E-state index is 12.8. The summed E-state index contributed by atoms with van der Waals surface area (Å²) in [4.78, 5) is 38.4. The number of H-pyrrole nitrogens is 2. The number of pyridine rings is 1. The minimum Gasteiger partial charge on any atom is -0.478 e. The quantitative estimate of drug-likeness (QED) is 0.217. The van der Waals surface area contributed by atoms with Crippen LogP contribution in [0, 0.1) is 0 Å². The zero-order valence-electron chi connectivity index (χ0n) is 19.6. The molecule has 9 heteroatoms. The summed E-state index contributed by atoms with van der Waals surface area (Å²) in [7, 11) is 0. The lowest BCUT2D eigenvalue weighted by molar-refractivity contribution is 0.0696. The Labute approximate surface area is 211 Å². The third kappa shape index (κ3) is 5.40. The number of nitrogens with zero attached hydrogens (tertiary/aromatic N) is 1. The summed E-state index contributed by atoms with van der Waals surface area (Å²) in [6.07, 6.45) is 2.25. The second-order valence-corrected chi connectivity index (χ2v) is 8.54. The third-order valence-electron chi connectivity index (χ3n) is 6.01. The molecular weight excluding hydrogens is 470 g/mol. The average Bonchev–Trinajstić information content (AvgIpc) is 3.37. The third-order valence-corrected chi connectivity index (χ3v) is 6.01. The molecule has 0 bridgehead atoms. The molecule has 5 N–H and O–H groups in total. The molecule has 2 heterocycles. The lowest BCUT2D eigenvalue weighted by atomic mass is 10.0. The number of para-hydroxylation sites is 1. The van der Waals surface area contributed by atoms with Gasteiger partial charge in [-0.25, -0.2) is 4.79 Å². The molecule has 0 unspecified atom stereocenters. The van der Waals surface area contributed by atoms with E-state index in [0.29, 0.717) is 29.9 Å². The number of rotatable bonds is 8. The van der Waals surface area contributed by atoms with Crippen molar-refractivity contribution in [3.05, 3.63) is 123 Å². The first kappa shape index (κ1) is 23.6. The number of fused-ring (bicyclic) bond motifs is 1. The van der Waals surface area contributed by atoms with E-state index in [1.807, 2.05) is 42.5 Å². The van der Waals surface area contributed by atoms with Crippen LogP contribution in [-0.2, 0) is 13.0 Å². The first-order valence-corrected chi connectivity index (χ1v) is 11.6. The number of aromatic carboxylic acids is 1. The smallest absolute Gasteiger partial charge is 0.335 e. The Morgan fingerprint density at radius 2 is 1.70 bits per heavy atom. The Hall–Kier alpha value is -5.18. The Balaban J connectivity index is 1.29. The number of amides is 1. The highest BCUT2D eigenvalue weighted by Crippen LogP contribution is 2.22. The summed E-state index contributed by atoms with van der Waals surface area (Å²) in [5, 5.41) is 22.9. The van der Waals surface area contributed by atoms with E-state index in [4.69, 9.17) is 5.11 Å². The number of nitrogens with one attached hydrogen (secondary N) is 4. The van der Waals surface area contributed by atoms with Crippen molar-refractivity contribution in [2.45, 2.75) is 13.0 Å². The molecule has 37 heavy (non-hydrogen) atoms. The van der Waals surface area contributed by atoms with Crippen LogP contribution in [0.2, 0.25) is 0 Å². The average molecular weight is 494 g/mol. The summed E-state index contributed by atoms with van der Waals surface area (Å²) < 4.78 is 0. The fourth-order valence-corrected chi connectivity index (χ4v) is 4.10. The molecule has 0 aliphatic carbocycles. The van der Waals surface area contributed by atoms with E-state index in [1.54, 1.807) is 12.3 Å². The molecule has 5 aromatic rings. The molecule has 3 aromatic carbocycles. The van der Waals surface area contributed by atoms with Gasteiger partial charge < -0.3 is 20.7 Å². The molecule has 9 nitrogen and oxygen atoms in total. The lowest BCUT2D eigenvalue weighted by Crippen LogP contribution is -2.16. The van der Waals surface area contributed by atoms with Gasteiger partial charge in [0.05, 0.1) is 11.8 Å². The van der Waals surface area contributed by atoms with E-state index in [9.17, 15) is 14.4 Å². The minimum atomic E-state index is -1.03. The van der Waals surface area contributed by atoms with Crippen molar-refractivity contribution < 1.29 is 14.7 Å². The number of hydrogen-bond acceptors (Lipinski definition) is 5. The monoisotopic (exact) mass is 493 g/mol. The minimum absolute atomic E-state index is 0.135. The molecule has 1 amide bonds. The molecule has 184 valence electrons. The van der Waals surface area contributed by atoms with E-state index in [1.165, 1.54) is 30.3 Å². The molecule has 5 rings (SSSR count). The van der Waals surface area contributed by atoms with Gasteiger partial charge in [0.15, 0.2) is 0 Å². The Morgan fingerprint density at radius 3 is 2.51 bits per heavy atom. The van der Waals surface area contributed by atoms with Gasteiger partial charge in [0, 0.05) is 35.1 Å². The van der Waals surface area contributed by atoms with Gasteiger partial charge in [-0.05, 0) is 65.4 Å². The van der Waals surface area contributed by atoms with Crippen LogP contribution in [0.4, 0.5) is 11.4 Å². The second kappa shape index (κ2) is 10.2. The van der Waals surface area contributed by atoms with Crippen molar-refractivity contribution in [3.8, 4) is 0 Å². The molecule has 0 saturated heterocycles. The van der Waals surface area contributed by atoms with Gasteiger partial charge in [-0.3, -0.25) is 14.7 Å². The summed E-state index contributed by atoms with van der Waals surface area (Å²) in [5.41, 5.74) is 5.30. The largest absolute Gasteiger partial charge is 0.478 e. The molecule has 0 atom stereocenters. The van der Waals surface area contributed by atoms with Crippen molar-refractivity contribution in [1.29, 1.82) is 0 Å². The van der Waals surface area contributed by atoms with Gasteiger partial charge in [-0.1, -0.05) is 30.3 Å². The first-order chi connectivity index (χ1) is 18.0. The Morgan fingerprint density at radius 1 is 0.919 bits per heavy atom. The number of carbonyl (C=O) groups is 2. The highest BCUT2D eigenvalue weighted by molar-refractivity contribution is 6.04. The molecule has 0 saturated carbocycles. The number of benzene rings is 3. The number of aromatic nitrogens is 3. The van der Waals surface area contributed by atoms with Crippen LogP contribution in [0.5, 0.6) is 0 Å². The Kier molecular flexibility index (Phi) is 6.50. The lowest BCUT2D eigenvalue weighted by Gasteiger charge is -2.13. The van der Waals surface area contributed by atoms with Gasteiger partial charge in [0.2, 0.25) is 5.56 Å². The van der Waals surface area contributed by atoms with Crippen LogP contribution in [-0.4, -0.2) is 32.2 Å². The van der Waals surface area contributed by atoms with E-state index >= 15 is 0 Å². The maximum Gasteiger partial charge on any atom is 0.335 e. The summed E-state index contributed by atoms with van der Waals surface area (Å²) in [5.74, 6) is -1.41. The summed E-state index contributed by atoms with van der Waals surface area (Å²) in [6.45, 7) is 0.360. The fourth-order valence-electron chi connectivity index (χ4n) is 4.10. The Bertz CT molecular complexity index is 1650. The number of carboxylic acid groups (broad SMARTS) is 1. The second-order valence-electron chi connectivity index (χ2n) is 8.54. The molecule has 0 fully saturated rings. The highest BCUT2D eigenvalue weighted by Gasteiger charge is 2.15. The number of carboxylic acids is 1. The van der Waals surface area contributed by atoms with Crippen LogP contribution >= 0.6 is 0 Å². The van der Waals surface area contributed by atoms with Crippen LogP contribution in [0.25, 0.3) is 10.9 Å². The van der Waals surface area contributed by atoms with Crippen LogP contribution in [0.3, 0.4) is 0 Å². The van der Waals surface area contributed by atoms with Crippen LogP contribution < -0.4 is 16.2 Å². The first-order valence-electron chi connectivity index (χ1n) is 11.6. The van der Waals surface area contributed by atoms with Crippen molar-refractivity contribution in [2.75, 3.05) is 10.6 Å². The number of anilines is 2. The molecule has 2 aromatic heterocycles. The van der Waals surface area contributed by atoms with Gasteiger partial charge in [0.1, 0.15) is 5.69 Å². The van der Waals surface area contributed by atoms with Gasteiger partial charge in [-0.2, -0.15) is 5.10 Å². The van der Waals surface area contributed by atoms with Gasteiger partial charge in [-0.15, -0.1) is 0 Å². The molecule has 0 aliphatic heterocycles.